The van der Waals surface area contributed by atoms with Crippen molar-refractivity contribution in [3.05, 3.63) is 18.2 Å². The zero-order valence-corrected chi connectivity index (χ0v) is 17.1. The third-order valence-electron chi connectivity index (χ3n) is 4.85. The number of esters is 1. The fourth-order valence-corrected chi connectivity index (χ4v) is 3.21. The maximum absolute atomic E-state index is 11.6. The van der Waals surface area contributed by atoms with Crippen molar-refractivity contribution in [1.82, 2.24) is 9.97 Å². The SMILES string of the molecule is CC(C)CCCCCCCCCCCCCCCOC(=O)c1ncc[nH]1. The summed E-state index contributed by atoms with van der Waals surface area (Å²) < 4.78 is 5.17. The van der Waals surface area contributed by atoms with E-state index in [1.54, 1.807) is 12.4 Å². The van der Waals surface area contributed by atoms with E-state index in [4.69, 9.17) is 4.74 Å². The minimum absolute atomic E-state index is 0.292. The van der Waals surface area contributed by atoms with Gasteiger partial charge in [-0.05, 0) is 12.3 Å². The highest BCUT2D eigenvalue weighted by molar-refractivity contribution is 5.85. The number of ether oxygens (including phenoxy) is 1. The van der Waals surface area contributed by atoms with Crippen LogP contribution in [0, 0.1) is 5.92 Å². The van der Waals surface area contributed by atoms with E-state index in [1.807, 2.05) is 0 Å². The number of H-pyrrole nitrogens is 1. The molecule has 0 spiro atoms. The second kappa shape index (κ2) is 15.9. The van der Waals surface area contributed by atoms with Crippen molar-refractivity contribution in [1.29, 1.82) is 0 Å². The van der Waals surface area contributed by atoms with Crippen molar-refractivity contribution in [2.75, 3.05) is 6.61 Å². The van der Waals surface area contributed by atoms with Gasteiger partial charge in [-0.25, -0.2) is 9.78 Å². The van der Waals surface area contributed by atoms with E-state index in [9.17, 15) is 4.79 Å². The Morgan fingerprint density at radius 2 is 1.38 bits per heavy atom. The topological polar surface area (TPSA) is 55.0 Å². The van der Waals surface area contributed by atoms with E-state index in [2.05, 4.69) is 23.8 Å². The molecule has 0 aliphatic rings. The summed E-state index contributed by atoms with van der Waals surface area (Å²) in [5.74, 6) is 0.808. The fourth-order valence-electron chi connectivity index (χ4n) is 3.21. The molecule has 4 nitrogen and oxygen atoms in total. The molecule has 0 bridgehead atoms. The van der Waals surface area contributed by atoms with Gasteiger partial charge in [-0.1, -0.05) is 97.3 Å². The van der Waals surface area contributed by atoms with Crippen LogP contribution in [0.3, 0.4) is 0 Å². The van der Waals surface area contributed by atoms with Crippen molar-refractivity contribution in [3.63, 3.8) is 0 Å². The summed E-state index contributed by atoms with van der Waals surface area (Å²) >= 11 is 0. The molecule has 1 heterocycles. The van der Waals surface area contributed by atoms with Crippen LogP contribution in [0.1, 0.15) is 114 Å². The third-order valence-corrected chi connectivity index (χ3v) is 4.85. The normalized spacial score (nSPS) is 11.2. The Morgan fingerprint density at radius 3 is 1.85 bits per heavy atom. The quantitative estimate of drug-likeness (QED) is 0.248. The molecule has 0 aliphatic heterocycles. The largest absolute Gasteiger partial charge is 0.460 e. The highest BCUT2D eigenvalue weighted by atomic mass is 16.5. The predicted octanol–water partition coefficient (Wildman–Crippen LogP) is 6.68. The van der Waals surface area contributed by atoms with Gasteiger partial charge in [0.25, 0.3) is 0 Å². The Morgan fingerprint density at radius 1 is 0.885 bits per heavy atom. The molecule has 1 N–H and O–H groups in total. The molecule has 0 radical (unpaired) electrons. The molecular formula is C22H40N2O2. The Labute approximate surface area is 160 Å². The number of rotatable bonds is 17. The van der Waals surface area contributed by atoms with E-state index in [0.717, 1.165) is 18.8 Å². The van der Waals surface area contributed by atoms with Gasteiger partial charge in [-0.3, -0.25) is 0 Å². The molecule has 1 aromatic rings. The number of nitrogens with zero attached hydrogens (tertiary/aromatic N) is 1. The van der Waals surface area contributed by atoms with E-state index < -0.39 is 0 Å². The first-order valence-electron chi connectivity index (χ1n) is 10.9. The number of unbranched alkanes of at least 4 members (excludes halogenated alkanes) is 12. The fraction of sp³-hybridized carbons (Fsp3) is 0.818. The number of aromatic amines is 1. The molecule has 4 heteroatoms. The van der Waals surface area contributed by atoms with Gasteiger partial charge in [0.15, 0.2) is 0 Å². The highest BCUT2D eigenvalue weighted by Gasteiger charge is 2.08. The van der Waals surface area contributed by atoms with Crippen LogP contribution in [0.25, 0.3) is 0 Å². The first-order chi connectivity index (χ1) is 12.7. The molecule has 0 unspecified atom stereocenters. The number of carbonyl (C=O) groups is 1. The zero-order chi connectivity index (χ0) is 18.9. The lowest BCUT2D eigenvalue weighted by molar-refractivity contribution is 0.0484. The molecule has 1 aromatic heterocycles. The van der Waals surface area contributed by atoms with Gasteiger partial charge < -0.3 is 9.72 Å². The Bertz CT molecular complexity index is 429. The van der Waals surface area contributed by atoms with Crippen molar-refractivity contribution >= 4 is 5.97 Å². The number of hydrogen-bond acceptors (Lipinski definition) is 3. The first-order valence-corrected chi connectivity index (χ1v) is 10.9. The number of nitrogens with one attached hydrogen (secondary N) is 1. The highest BCUT2D eigenvalue weighted by Crippen LogP contribution is 2.14. The number of carbonyl (C=O) groups excluding carboxylic acids is 1. The van der Waals surface area contributed by atoms with Crippen LogP contribution in [0.2, 0.25) is 0 Å². The lowest BCUT2D eigenvalue weighted by atomic mass is 10.0. The molecule has 26 heavy (non-hydrogen) atoms. The van der Waals surface area contributed by atoms with Gasteiger partial charge >= 0.3 is 5.97 Å². The van der Waals surface area contributed by atoms with Crippen molar-refractivity contribution in [2.24, 2.45) is 5.92 Å². The van der Waals surface area contributed by atoms with Crippen LogP contribution >= 0.6 is 0 Å². The smallest absolute Gasteiger partial charge is 0.374 e. The van der Waals surface area contributed by atoms with Crippen molar-refractivity contribution < 1.29 is 9.53 Å². The van der Waals surface area contributed by atoms with Crippen LogP contribution in [0.15, 0.2) is 12.4 Å². The third kappa shape index (κ3) is 13.0. The Balaban J connectivity index is 1.73. The summed E-state index contributed by atoms with van der Waals surface area (Å²) in [6, 6.07) is 0. The molecule has 0 aromatic carbocycles. The van der Waals surface area contributed by atoms with Gasteiger partial charge in [-0.2, -0.15) is 0 Å². The summed E-state index contributed by atoms with van der Waals surface area (Å²) in [6.07, 6.45) is 21.9. The molecule has 0 aliphatic carbocycles. The predicted molar refractivity (Wildman–Crippen MR) is 108 cm³/mol. The Hall–Kier alpha value is -1.32. The summed E-state index contributed by atoms with van der Waals surface area (Å²) in [4.78, 5) is 18.2. The van der Waals surface area contributed by atoms with E-state index in [-0.39, 0.29) is 5.97 Å². The Kier molecular flexibility index (Phi) is 13.9. The molecular weight excluding hydrogens is 324 g/mol. The van der Waals surface area contributed by atoms with Gasteiger partial charge in [0.05, 0.1) is 6.61 Å². The van der Waals surface area contributed by atoms with E-state index in [1.165, 1.54) is 77.0 Å². The maximum Gasteiger partial charge on any atom is 0.374 e. The molecule has 0 fully saturated rings. The van der Waals surface area contributed by atoms with Crippen LogP contribution in [0.4, 0.5) is 0 Å². The van der Waals surface area contributed by atoms with Crippen LogP contribution < -0.4 is 0 Å². The molecule has 0 amide bonds. The maximum atomic E-state index is 11.6. The molecule has 150 valence electrons. The minimum atomic E-state index is -0.352. The minimum Gasteiger partial charge on any atom is -0.460 e. The van der Waals surface area contributed by atoms with Crippen LogP contribution in [-0.2, 0) is 4.74 Å². The molecule has 1 rings (SSSR count). The van der Waals surface area contributed by atoms with Crippen LogP contribution in [-0.4, -0.2) is 22.5 Å². The summed E-state index contributed by atoms with van der Waals surface area (Å²) in [6.45, 7) is 5.13. The molecule has 0 atom stereocenters. The van der Waals surface area contributed by atoms with Crippen molar-refractivity contribution in [2.45, 2.75) is 104 Å². The molecule has 0 saturated heterocycles. The first kappa shape index (κ1) is 22.7. The van der Waals surface area contributed by atoms with Gasteiger partial charge in [0, 0.05) is 12.4 Å². The molecule has 0 saturated carbocycles. The monoisotopic (exact) mass is 364 g/mol. The second-order valence-corrected chi connectivity index (χ2v) is 7.85. The van der Waals surface area contributed by atoms with Gasteiger partial charge in [-0.15, -0.1) is 0 Å². The second-order valence-electron chi connectivity index (χ2n) is 7.85. The lowest BCUT2D eigenvalue weighted by Crippen LogP contribution is -2.08. The zero-order valence-electron chi connectivity index (χ0n) is 17.1. The summed E-state index contributed by atoms with van der Waals surface area (Å²) in [5.41, 5.74) is 0. The van der Waals surface area contributed by atoms with Gasteiger partial charge in [0.1, 0.15) is 0 Å². The average molecular weight is 365 g/mol. The lowest BCUT2D eigenvalue weighted by Gasteiger charge is -2.05. The number of aromatic nitrogens is 2. The van der Waals surface area contributed by atoms with E-state index in [0.29, 0.717) is 12.4 Å². The standard InChI is InChI=1S/C22H40N2O2/c1-20(2)16-14-12-10-8-6-4-3-5-7-9-11-13-15-19-26-22(25)21-23-17-18-24-21/h17-18,20H,3-16,19H2,1-2H3,(H,23,24). The van der Waals surface area contributed by atoms with Crippen LogP contribution in [0.5, 0.6) is 0 Å². The average Bonchev–Trinajstić information content (AvgIpc) is 3.15. The van der Waals surface area contributed by atoms with Crippen molar-refractivity contribution in [3.8, 4) is 0 Å². The summed E-state index contributed by atoms with van der Waals surface area (Å²) in [5, 5.41) is 0. The summed E-state index contributed by atoms with van der Waals surface area (Å²) in [7, 11) is 0. The van der Waals surface area contributed by atoms with E-state index >= 15 is 0 Å². The van der Waals surface area contributed by atoms with Gasteiger partial charge in [0.2, 0.25) is 5.82 Å². The number of hydrogen-bond donors (Lipinski definition) is 1. The number of imidazole rings is 1.